The number of ketones is 1. The molecule has 0 unspecified atom stereocenters. The maximum atomic E-state index is 14.9. The van der Waals surface area contributed by atoms with E-state index < -0.39 is 29.2 Å². The Balaban J connectivity index is 1.93. The molecule has 35 heavy (non-hydrogen) atoms. The molecule has 1 aromatic heterocycles. The lowest BCUT2D eigenvalue weighted by Crippen LogP contribution is -2.07. The highest BCUT2D eigenvalue weighted by molar-refractivity contribution is 6.15. The average molecular weight is 475 g/mol. The van der Waals surface area contributed by atoms with E-state index in [1.165, 1.54) is 66.3 Å². The third kappa shape index (κ3) is 4.33. The van der Waals surface area contributed by atoms with Gasteiger partial charge in [0.15, 0.2) is 11.5 Å². The maximum absolute atomic E-state index is 14.9. The molecule has 1 heterocycles. The van der Waals surface area contributed by atoms with Gasteiger partial charge in [-0.2, -0.15) is 0 Å². The smallest absolute Gasteiger partial charge is 0.338 e. The minimum Gasteiger partial charge on any atom is -0.503 e. The Labute approximate surface area is 200 Å². The molecule has 0 fully saturated rings. The van der Waals surface area contributed by atoms with Crippen LogP contribution in [0.1, 0.15) is 33.2 Å². The molecule has 2 N–H and O–H groups in total. The van der Waals surface area contributed by atoms with Crippen LogP contribution in [0.3, 0.4) is 0 Å². The molecular weight excluding hydrogens is 453 g/mol. The van der Waals surface area contributed by atoms with Crippen molar-refractivity contribution < 1.29 is 33.7 Å². The molecule has 4 aromatic rings. The minimum atomic E-state index is -0.696. The standard InChI is InChI=1S/C27H22FNO6/c1-3-35-27(33)17-8-12-18(13-9-17)29-23(20-6-4-5-7-21(20)28)22(25(31)26(29)32)24(30)16-10-14-19(34-2)15-11-16/h4-15,31-32H,3H2,1-2H3. The number of carbonyl (C=O) groups is 2. The van der Waals surface area contributed by atoms with Gasteiger partial charge in [-0.15, -0.1) is 0 Å². The number of hydrogen-bond acceptors (Lipinski definition) is 6. The van der Waals surface area contributed by atoms with Crippen molar-refractivity contribution in [1.82, 2.24) is 4.57 Å². The zero-order valence-corrected chi connectivity index (χ0v) is 19.0. The van der Waals surface area contributed by atoms with Crippen molar-refractivity contribution in [1.29, 1.82) is 0 Å². The fourth-order valence-corrected chi connectivity index (χ4v) is 3.77. The second-order valence-corrected chi connectivity index (χ2v) is 7.54. The number of methoxy groups -OCH3 is 1. The van der Waals surface area contributed by atoms with Crippen molar-refractivity contribution in [3.05, 3.63) is 95.3 Å². The summed E-state index contributed by atoms with van der Waals surface area (Å²) >= 11 is 0. The molecular formula is C27H22FNO6. The zero-order chi connectivity index (χ0) is 25.1. The van der Waals surface area contributed by atoms with Crippen LogP contribution in [-0.4, -0.2) is 40.2 Å². The van der Waals surface area contributed by atoms with E-state index in [0.717, 1.165) is 0 Å². The van der Waals surface area contributed by atoms with Crippen LogP contribution in [0.4, 0.5) is 4.39 Å². The highest BCUT2D eigenvalue weighted by Gasteiger charge is 2.31. The van der Waals surface area contributed by atoms with Gasteiger partial charge in [0.25, 0.3) is 0 Å². The van der Waals surface area contributed by atoms with E-state index in [1.54, 1.807) is 25.1 Å². The zero-order valence-electron chi connectivity index (χ0n) is 19.0. The summed E-state index contributed by atoms with van der Waals surface area (Å²) in [6.45, 7) is 1.90. The molecule has 7 nitrogen and oxygen atoms in total. The van der Waals surface area contributed by atoms with Crippen LogP contribution in [0.5, 0.6) is 17.4 Å². The van der Waals surface area contributed by atoms with Gasteiger partial charge in [-0.05, 0) is 67.6 Å². The van der Waals surface area contributed by atoms with Gasteiger partial charge in [0.1, 0.15) is 11.6 Å². The molecule has 0 amide bonds. The summed E-state index contributed by atoms with van der Waals surface area (Å²) in [4.78, 5) is 25.5. The van der Waals surface area contributed by atoms with Crippen LogP contribution in [0, 0.1) is 5.82 Å². The Hall–Kier alpha value is -4.59. The molecule has 0 saturated heterocycles. The fourth-order valence-electron chi connectivity index (χ4n) is 3.77. The summed E-state index contributed by atoms with van der Waals surface area (Å²) in [7, 11) is 1.49. The molecule has 0 aliphatic carbocycles. The first kappa shape index (κ1) is 23.6. The number of nitrogens with zero attached hydrogens (tertiary/aromatic N) is 1. The van der Waals surface area contributed by atoms with Gasteiger partial charge in [0, 0.05) is 16.8 Å². The molecule has 0 atom stereocenters. The third-order valence-corrected chi connectivity index (χ3v) is 5.47. The summed E-state index contributed by atoms with van der Waals surface area (Å²) in [6, 6.07) is 17.8. The molecule has 0 radical (unpaired) electrons. The van der Waals surface area contributed by atoms with Crippen LogP contribution in [0.2, 0.25) is 0 Å². The number of rotatable bonds is 7. The van der Waals surface area contributed by atoms with E-state index in [-0.39, 0.29) is 40.2 Å². The van der Waals surface area contributed by atoms with Crippen molar-refractivity contribution in [2.24, 2.45) is 0 Å². The largest absolute Gasteiger partial charge is 0.503 e. The quantitative estimate of drug-likeness (QED) is 0.285. The van der Waals surface area contributed by atoms with Gasteiger partial charge in [-0.3, -0.25) is 9.36 Å². The Morgan fingerprint density at radius 1 is 0.914 bits per heavy atom. The van der Waals surface area contributed by atoms with Gasteiger partial charge >= 0.3 is 5.97 Å². The Morgan fingerprint density at radius 2 is 1.54 bits per heavy atom. The molecule has 0 bridgehead atoms. The average Bonchev–Trinajstić information content (AvgIpc) is 3.14. The number of halogens is 1. The van der Waals surface area contributed by atoms with Crippen molar-refractivity contribution in [3.63, 3.8) is 0 Å². The SMILES string of the molecule is CCOC(=O)c1ccc(-n2c(O)c(O)c(C(=O)c3ccc(OC)cc3)c2-c2ccccc2F)cc1. The predicted octanol–water partition coefficient (Wildman–Crippen LogP) is 5.11. The fraction of sp³-hybridized carbons (Fsp3) is 0.111. The number of esters is 1. The number of carbonyl (C=O) groups excluding carboxylic acids is 2. The van der Waals surface area contributed by atoms with Crippen LogP contribution in [0.25, 0.3) is 16.9 Å². The Morgan fingerprint density at radius 3 is 2.14 bits per heavy atom. The first-order valence-corrected chi connectivity index (χ1v) is 10.7. The van der Waals surface area contributed by atoms with E-state index in [0.29, 0.717) is 5.75 Å². The van der Waals surface area contributed by atoms with Gasteiger partial charge in [-0.25, -0.2) is 9.18 Å². The van der Waals surface area contributed by atoms with Gasteiger partial charge in [0.05, 0.1) is 30.5 Å². The molecule has 3 aromatic carbocycles. The van der Waals surface area contributed by atoms with Gasteiger partial charge in [0.2, 0.25) is 5.88 Å². The summed E-state index contributed by atoms with van der Waals surface area (Å²) in [5.74, 6) is -2.62. The van der Waals surface area contributed by atoms with Crippen LogP contribution < -0.4 is 4.74 Å². The number of ether oxygens (including phenoxy) is 2. The maximum Gasteiger partial charge on any atom is 0.338 e. The van der Waals surface area contributed by atoms with Crippen LogP contribution in [-0.2, 0) is 4.74 Å². The van der Waals surface area contributed by atoms with Crippen LogP contribution in [0.15, 0.2) is 72.8 Å². The number of aromatic hydroxyl groups is 2. The molecule has 4 rings (SSSR count). The summed E-state index contributed by atoms with van der Waals surface area (Å²) in [6.07, 6.45) is 0. The normalized spacial score (nSPS) is 10.7. The van der Waals surface area contributed by atoms with Gasteiger partial charge < -0.3 is 19.7 Å². The first-order valence-electron chi connectivity index (χ1n) is 10.7. The van der Waals surface area contributed by atoms with E-state index in [9.17, 15) is 24.2 Å². The number of aromatic nitrogens is 1. The second-order valence-electron chi connectivity index (χ2n) is 7.54. The Kier molecular flexibility index (Phi) is 6.55. The van der Waals surface area contributed by atoms with Crippen molar-refractivity contribution in [2.75, 3.05) is 13.7 Å². The Bertz CT molecular complexity index is 1390. The second kappa shape index (κ2) is 9.72. The van der Waals surface area contributed by atoms with E-state index in [4.69, 9.17) is 9.47 Å². The summed E-state index contributed by atoms with van der Waals surface area (Å²) in [5, 5.41) is 21.7. The van der Waals surface area contributed by atoms with E-state index in [1.807, 2.05) is 0 Å². The van der Waals surface area contributed by atoms with Crippen LogP contribution >= 0.6 is 0 Å². The highest BCUT2D eigenvalue weighted by atomic mass is 19.1. The summed E-state index contributed by atoms with van der Waals surface area (Å²) in [5.41, 5.74) is 0.448. The number of benzene rings is 3. The lowest BCUT2D eigenvalue weighted by Gasteiger charge is -2.13. The lowest BCUT2D eigenvalue weighted by molar-refractivity contribution is 0.0526. The molecule has 8 heteroatoms. The third-order valence-electron chi connectivity index (χ3n) is 5.47. The molecule has 0 spiro atoms. The van der Waals surface area contributed by atoms with Gasteiger partial charge in [-0.1, -0.05) is 12.1 Å². The van der Waals surface area contributed by atoms with Crippen molar-refractivity contribution in [3.8, 4) is 34.3 Å². The highest BCUT2D eigenvalue weighted by Crippen LogP contribution is 2.44. The monoisotopic (exact) mass is 475 g/mol. The predicted molar refractivity (Wildman–Crippen MR) is 127 cm³/mol. The van der Waals surface area contributed by atoms with E-state index in [2.05, 4.69) is 0 Å². The molecule has 0 saturated carbocycles. The molecule has 178 valence electrons. The summed E-state index contributed by atoms with van der Waals surface area (Å²) < 4.78 is 26.2. The topological polar surface area (TPSA) is 98.0 Å². The lowest BCUT2D eigenvalue weighted by atomic mass is 9.98. The van der Waals surface area contributed by atoms with E-state index >= 15 is 0 Å². The minimum absolute atomic E-state index is 0.00516. The number of hydrogen-bond donors (Lipinski definition) is 2. The molecule has 0 aliphatic rings. The van der Waals surface area contributed by atoms with Crippen molar-refractivity contribution >= 4 is 11.8 Å². The molecule has 0 aliphatic heterocycles. The first-order chi connectivity index (χ1) is 16.9. The van der Waals surface area contributed by atoms with Crippen molar-refractivity contribution in [2.45, 2.75) is 6.92 Å².